The molecule has 2 nitrogen and oxygen atoms in total. The number of aliphatic hydroxyl groups is 1. The van der Waals surface area contributed by atoms with Crippen molar-refractivity contribution in [2.75, 3.05) is 0 Å². The van der Waals surface area contributed by atoms with Crippen LogP contribution in [0, 0.1) is 0 Å². The number of hydrogen-bond acceptors (Lipinski definition) is 2. The number of alkyl halides is 1. The highest BCUT2D eigenvalue weighted by Crippen LogP contribution is 2.20. The molecule has 3 atom stereocenters. The Bertz CT molecular complexity index is 78.5. The summed E-state index contributed by atoms with van der Waals surface area (Å²) in [6, 6.07) is -0.329. The number of rotatable bonds is 0. The molecule has 1 aliphatic carbocycles. The first-order valence-corrected chi connectivity index (χ1v) is 2.78. The van der Waals surface area contributed by atoms with Gasteiger partial charge in [0, 0.05) is 12.5 Å². The summed E-state index contributed by atoms with van der Waals surface area (Å²) < 4.78 is 12.2. The largest absolute Gasteiger partial charge is 0.391 e. The van der Waals surface area contributed by atoms with Crippen LogP contribution < -0.4 is 5.73 Å². The van der Waals surface area contributed by atoms with Crippen LogP contribution in [0.25, 0.3) is 0 Å². The van der Waals surface area contributed by atoms with Gasteiger partial charge in [0.05, 0.1) is 6.10 Å². The molecule has 0 saturated heterocycles. The molecule has 0 heterocycles. The van der Waals surface area contributed by atoms with Gasteiger partial charge in [-0.15, -0.1) is 0 Å². The lowest BCUT2D eigenvalue weighted by Crippen LogP contribution is -2.28. The van der Waals surface area contributed by atoms with Crippen molar-refractivity contribution >= 4 is 0 Å². The van der Waals surface area contributed by atoms with Crippen molar-refractivity contribution in [1.29, 1.82) is 0 Å². The van der Waals surface area contributed by atoms with E-state index in [1.807, 2.05) is 0 Å². The van der Waals surface area contributed by atoms with E-state index in [1.54, 1.807) is 0 Å². The lowest BCUT2D eigenvalue weighted by atomic mass is 10.2. The molecular formula is C5H10FNO. The fourth-order valence-electron chi connectivity index (χ4n) is 0.985. The molecular weight excluding hydrogens is 109 g/mol. The Morgan fingerprint density at radius 2 is 2.12 bits per heavy atom. The van der Waals surface area contributed by atoms with Gasteiger partial charge in [-0.05, 0) is 6.42 Å². The van der Waals surface area contributed by atoms with Crippen molar-refractivity contribution < 1.29 is 9.50 Å². The molecule has 0 aromatic rings. The maximum atomic E-state index is 12.2. The van der Waals surface area contributed by atoms with Gasteiger partial charge in [0.1, 0.15) is 6.17 Å². The molecule has 1 fully saturated rings. The Morgan fingerprint density at radius 3 is 2.25 bits per heavy atom. The molecule has 0 spiro atoms. The molecule has 0 aromatic carbocycles. The topological polar surface area (TPSA) is 46.2 Å². The van der Waals surface area contributed by atoms with Crippen LogP contribution in [0.1, 0.15) is 12.8 Å². The Labute approximate surface area is 47.5 Å². The zero-order valence-electron chi connectivity index (χ0n) is 4.55. The smallest absolute Gasteiger partial charge is 0.104 e. The average Bonchev–Trinajstić information content (AvgIpc) is 1.85. The van der Waals surface area contributed by atoms with Gasteiger partial charge in [0.15, 0.2) is 0 Å². The summed E-state index contributed by atoms with van der Waals surface area (Å²) in [5.74, 6) is 0. The molecule has 3 heteroatoms. The van der Waals surface area contributed by atoms with Gasteiger partial charge in [-0.1, -0.05) is 0 Å². The first-order chi connectivity index (χ1) is 3.70. The molecule has 2 unspecified atom stereocenters. The third kappa shape index (κ3) is 0.980. The van der Waals surface area contributed by atoms with Gasteiger partial charge in [0.2, 0.25) is 0 Å². The third-order valence-corrected chi connectivity index (χ3v) is 1.52. The molecule has 0 aromatic heterocycles. The monoisotopic (exact) mass is 119 g/mol. The quantitative estimate of drug-likeness (QED) is 0.464. The van der Waals surface area contributed by atoms with E-state index in [0.717, 1.165) is 0 Å². The van der Waals surface area contributed by atoms with Gasteiger partial charge in [-0.2, -0.15) is 0 Å². The first kappa shape index (κ1) is 5.98. The standard InChI is InChI=1S/C5H10FNO/c6-3-1-4(7)5(8)2-3/h3-5,8H,1-2,7H2/t3-,4?,5?/m0/s1. The Hall–Kier alpha value is -0.150. The highest BCUT2D eigenvalue weighted by Gasteiger charge is 2.29. The predicted molar refractivity (Wildman–Crippen MR) is 28.1 cm³/mol. The number of hydrogen-bond donors (Lipinski definition) is 2. The van der Waals surface area contributed by atoms with E-state index < -0.39 is 12.3 Å². The van der Waals surface area contributed by atoms with E-state index in [1.165, 1.54) is 0 Å². The Morgan fingerprint density at radius 1 is 1.50 bits per heavy atom. The van der Waals surface area contributed by atoms with Gasteiger partial charge in [-0.3, -0.25) is 0 Å². The van der Waals surface area contributed by atoms with Crippen LogP contribution in [-0.4, -0.2) is 23.4 Å². The summed E-state index contributed by atoms with van der Waals surface area (Å²) in [5.41, 5.74) is 5.28. The minimum absolute atomic E-state index is 0.223. The molecule has 8 heavy (non-hydrogen) atoms. The van der Waals surface area contributed by atoms with Crippen molar-refractivity contribution in [1.82, 2.24) is 0 Å². The second-order valence-electron chi connectivity index (χ2n) is 2.30. The number of halogens is 1. The molecule has 0 aliphatic heterocycles. The van der Waals surface area contributed by atoms with Crippen molar-refractivity contribution in [3.05, 3.63) is 0 Å². The third-order valence-electron chi connectivity index (χ3n) is 1.52. The van der Waals surface area contributed by atoms with Gasteiger partial charge in [-0.25, -0.2) is 4.39 Å². The van der Waals surface area contributed by atoms with Crippen LogP contribution in [0.5, 0.6) is 0 Å². The Balaban J connectivity index is 2.39. The normalized spacial score (nSPS) is 47.6. The van der Waals surface area contributed by atoms with E-state index in [2.05, 4.69) is 0 Å². The SMILES string of the molecule is NC1C[C@H](F)CC1O. The highest BCUT2D eigenvalue weighted by atomic mass is 19.1. The van der Waals surface area contributed by atoms with Crippen LogP contribution in [0.3, 0.4) is 0 Å². The summed E-state index contributed by atoms with van der Waals surface area (Å²) in [4.78, 5) is 0. The van der Waals surface area contributed by atoms with E-state index in [4.69, 9.17) is 10.8 Å². The van der Waals surface area contributed by atoms with E-state index in [9.17, 15) is 4.39 Å². The lowest BCUT2D eigenvalue weighted by Gasteiger charge is -2.03. The second-order valence-corrected chi connectivity index (χ2v) is 2.30. The summed E-state index contributed by atoms with van der Waals surface area (Å²) in [7, 11) is 0. The molecule has 0 bridgehead atoms. The van der Waals surface area contributed by atoms with E-state index in [0.29, 0.717) is 6.42 Å². The van der Waals surface area contributed by atoms with Crippen LogP contribution in [0.2, 0.25) is 0 Å². The fourth-order valence-corrected chi connectivity index (χ4v) is 0.985. The zero-order valence-corrected chi connectivity index (χ0v) is 4.55. The average molecular weight is 119 g/mol. The van der Waals surface area contributed by atoms with Crippen LogP contribution in [0.4, 0.5) is 4.39 Å². The van der Waals surface area contributed by atoms with Crippen molar-refractivity contribution in [2.24, 2.45) is 5.73 Å². The molecule has 1 aliphatic rings. The predicted octanol–water partition coefficient (Wildman–Crippen LogP) is -0.194. The lowest BCUT2D eigenvalue weighted by molar-refractivity contribution is 0.157. The first-order valence-electron chi connectivity index (χ1n) is 2.78. The minimum atomic E-state index is -0.875. The van der Waals surface area contributed by atoms with Crippen molar-refractivity contribution in [3.8, 4) is 0 Å². The summed E-state index contributed by atoms with van der Waals surface area (Å²) in [6.07, 6.45) is -0.938. The molecule has 0 amide bonds. The van der Waals surface area contributed by atoms with Crippen LogP contribution in [0.15, 0.2) is 0 Å². The van der Waals surface area contributed by atoms with Gasteiger partial charge < -0.3 is 10.8 Å². The highest BCUT2D eigenvalue weighted by molar-refractivity contribution is 4.85. The minimum Gasteiger partial charge on any atom is -0.391 e. The molecule has 0 radical (unpaired) electrons. The second kappa shape index (κ2) is 1.99. The Kier molecular flexibility index (Phi) is 1.49. The van der Waals surface area contributed by atoms with Crippen molar-refractivity contribution in [3.63, 3.8) is 0 Å². The van der Waals surface area contributed by atoms with Crippen LogP contribution >= 0.6 is 0 Å². The molecule has 48 valence electrons. The fraction of sp³-hybridized carbons (Fsp3) is 1.00. The van der Waals surface area contributed by atoms with Gasteiger partial charge in [0.25, 0.3) is 0 Å². The van der Waals surface area contributed by atoms with E-state index in [-0.39, 0.29) is 12.5 Å². The molecule has 1 saturated carbocycles. The maximum Gasteiger partial charge on any atom is 0.104 e. The zero-order chi connectivity index (χ0) is 6.15. The maximum absolute atomic E-state index is 12.2. The van der Waals surface area contributed by atoms with Gasteiger partial charge >= 0.3 is 0 Å². The van der Waals surface area contributed by atoms with Crippen LogP contribution in [-0.2, 0) is 0 Å². The summed E-state index contributed by atoms with van der Waals surface area (Å²) in [5, 5.41) is 8.80. The molecule has 1 rings (SSSR count). The van der Waals surface area contributed by atoms with Crippen molar-refractivity contribution in [2.45, 2.75) is 31.2 Å². The summed E-state index contributed by atoms with van der Waals surface area (Å²) in [6.45, 7) is 0. The number of nitrogens with two attached hydrogens (primary N) is 1. The molecule has 3 N–H and O–H groups in total. The summed E-state index contributed by atoms with van der Waals surface area (Å²) >= 11 is 0. The number of aliphatic hydroxyl groups excluding tert-OH is 1. The van der Waals surface area contributed by atoms with E-state index >= 15 is 0 Å².